The Bertz CT molecular complexity index is 938. The van der Waals surface area contributed by atoms with E-state index in [9.17, 15) is 10.1 Å². The van der Waals surface area contributed by atoms with E-state index in [4.69, 9.17) is 14.7 Å². The molecule has 3 rings (SSSR count). The predicted molar refractivity (Wildman–Crippen MR) is 89.7 cm³/mol. The minimum absolute atomic E-state index is 0.134. The normalized spacial score (nSPS) is 12.0. The number of anilines is 2. The molecule has 0 fully saturated rings. The summed E-state index contributed by atoms with van der Waals surface area (Å²) in [5, 5.41) is 23.7. The lowest BCUT2D eigenvalue weighted by Crippen LogP contribution is -2.15. The van der Waals surface area contributed by atoms with Gasteiger partial charge in [0.2, 0.25) is 6.79 Å². The molecule has 0 radical (unpaired) electrons. The van der Waals surface area contributed by atoms with Gasteiger partial charge in [0.25, 0.3) is 5.91 Å². The molecule has 0 saturated heterocycles. The summed E-state index contributed by atoms with van der Waals surface area (Å²) in [5.41, 5.74) is 1.17. The highest BCUT2D eigenvalue weighted by Gasteiger charge is 2.14. The Morgan fingerprint density at radius 1 is 1.12 bits per heavy atom. The van der Waals surface area contributed by atoms with E-state index >= 15 is 0 Å². The number of benzene rings is 2. The molecule has 2 aromatic carbocycles. The molecule has 1 aliphatic rings. The fourth-order valence-corrected chi connectivity index (χ4v) is 2.17. The predicted octanol–water partition coefficient (Wildman–Crippen LogP) is 2.75. The molecule has 0 spiro atoms. The van der Waals surface area contributed by atoms with Gasteiger partial charge >= 0.3 is 0 Å². The van der Waals surface area contributed by atoms with Crippen molar-refractivity contribution < 1.29 is 14.3 Å². The van der Waals surface area contributed by atoms with Gasteiger partial charge in [-0.2, -0.15) is 10.5 Å². The van der Waals surface area contributed by atoms with E-state index in [0.29, 0.717) is 28.4 Å². The van der Waals surface area contributed by atoms with E-state index in [0.717, 1.165) is 0 Å². The molecule has 0 atom stereocenters. The lowest BCUT2D eigenvalue weighted by molar-refractivity contribution is -0.112. The van der Waals surface area contributed by atoms with Crippen LogP contribution in [0, 0.1) is 22.7 Å². The van der Waals surface area contributed by atoms with Crippen molar-refractivity contribution >= 4 is 17.3 Å². The number of carbonyl (C=O) groups excluding carboxylic acids is 1. The summed E-state index contributed by atoms with van der Waals surface area (Å²) < 4.78 is 10.5. The van der Waals surface area contributed by atoms with Crippen molar-refractivity contribution in [3.8, 4) is 23.6 Å². The van der Waals surface area contributed by atoms with Gasteiger partial charge in [-0.25, -0.2) is 0 Å². The van der Waals surface area contributed by atoms with Gasteiger partial charge in [0.1, 0.15) is 17.7 Å². The average Bonchev–Trinajstić information content (AvgIpc) is 3.10. The van der Waals surface area contributed by atoms with Crippen LogP contribution in [0.3, 0.4) is 0 Å². The van der Waals surface area contributed by atoms with E-state index in [1.807, 2.05) is 12.1 Å². The number of rotatable bonds is 4. The quantitative estimate of drug-likeness (QED) is 0.658. The number of amides is 1. The maximum absolute atomic E-state index is 12.2. The first kappa shape index (κ1) is 15.9. The van der Waals surface area contributed by atoms with Crippen LogP contribution in [0.4, 0.5) is 11.4 Å². The first-order valence-electron chi connectivity index (χ1n) is 7.28. The molecule has 0 bridgehead atoms. The van der Waals surface area contributed by atoms with Crippen molar-refractivity contribution in [3.63, 3.8) is 0 Å². The second kappa shape index (κ2) is 7.07. The van der Waals surface area contributed by atoms with E-state index in [-0.39, 0.29) is 12.4 Å². The third-order valence-corrected chi connectivity index (χ3v) is 3.42. The molecule has 7 heteroatoms. The number of nitriles is 2. The Morgan fingerprint density at radius 2 is 1.92 bits per heavy atom. The Balaban J connectivity index is 1.73. The van der Waals surface area contributed by atoms with Gasteiger partial charge in [-0.1, -0.05) is 12.1 Å². The number of fused-ring (bicyclic) bond motifs is 1. The standard InChI is InChI=1S/C18H12N4O3/c19-8-12-3-1-2-4-15(12)22-18(23)13(9-20)10-21-14-5-6-16-17(7-14)25-11-24-16/h1-7,10,21H,11H2,(H,22,23)/b13-10-. The molecule has 1 amide bonds. The second-order valence-electron chi connectivity index (χ2n) is 4.99. The fourth-order valence-electron chi connectivity index (χ4n) is 2.17. The van der Waals surface area contributed by atoms with Gasteiger partial charge in [0.15, 0.2) is 11.5 Å². The molecule has 1 heterocycles. The minimum atomic E-state index is -0.613. The van der Waals surface area contributed by atoms with E-state index in [1.54, 1.807) is 42.5 Å². The van der Waals surface area contributed by atoms with Crippen molar-refractivity contribution in [2.45, 2.75) is 0 Å². The zero-order chi connectivity index (χ0) is 17.6. The minimum Gasteiger partial charge on any atom is -0.454 e. The maximum Gasteiger partial charge on any atom is 0.267 e. The number of carbonyl (C=O) groups is 1. The number of hydrogen-bond acceptors (Lipinski definition) is 6. The van der Waals surface area contributed by atoms with Crippen molar-refractivity contribution in [3.05, 3.63) is 59.8 Å². The average molecular weight is 332 g/mol. The van der Waals surface area contributed by atoms with E-state index < -0.39 is 5.91 Å². The molecule has 122 valence electrons. The van der Waals surface area contributed by atoms with Gasteiger partial charge in [-0.3, -0.25) is 4.79 Å². The van der Waals surface area contributed by atoms with Crippen LogP contribution < -0.4 is 20.1 Å². The summed E-state index contributed by atoms with van der Waals surface area (Å²) >= 11 is 0. The fraction of sp³-hybridized carbons (Fsp3) is 0.0556. The molecule has 1 aliphatic heterocycles. The molecular weight excluding hydrogens is 320 g/mol. The molecule has 0 aromatic heterocycles. The van der Waals surface area contributed by atoms with Gasteiger partial charge in [0, 0.05) is 18.0 Å². The molecule has 2 N–H and O–H groups in total. The highest BCUT2D eigenvalue weighted by molar-refractivity contribution is 6.07. The van der Waals surface area contributed by atoms with Gasteiger partial charge < -0.3 is 20.1 Å². The van der Waals surface area contributed by atoms with Crippen molar-refractivity contribution in [1.29, 1.82) is 10.5 Å². The van der Waals surface area contributed by atoms with Crippen LogP contribution in [0.2, 0.25) is 0 Å². The third kappa shape index (κ3) is 3.52. The maximum atomic E-state index is 12.2. The summed E-state index contributed by atoms with van der Waals surface area (Å²) in [5.74, 6) is 0.614. The molecule has 0 aliphatic carbocycles. The number of hydrogen-bond donors (Lipinski definition) is 2. The van der Waals surface area contributed by atoms with Crippen LogP contribution in [0.1, 0.15) is 5.56 Å². The van der Waals surface area contributed by atoms with E-state index in [2.05, 4.69) is 10.6 Å². The topological polar surface area (TPSA) is 107 Å². The van der Waals surface area contributed by atoms with Crippen LogP contribution in [0.25, 0.3) is 0 Å². The van der Waals surface area contributed by atoms with E-state index in [1.165, 1.54) is 6.20 Å². The second-order valence-corrected chi connectivity index (χ2v) is 4.99. The molecule has 7 nitrogen and oxygen atoms in total. The van der Waals surface area contributed by atoms with Crippen molar-refractivity contribution in [2.75, 3.05) is 17.4 Å². The highest BCUT2D eigenvalue weighted by atomic mass is 16.7. The first-order chi connectivity index (χ1) is 12.2. The van der Waals surface area contributed by atoms with Gasteiger partial charge in [0.05, 0.1) is 11.3 Å². The first-order valence-corrected chi connectivity index (χ1v) is 7.28. The number of ether oxygens (including phenoxy) is 2. The number of nitrogens with one attached hydrogen (secondary N) is 2. The number of nitrogens with zero attached hydrogens (tertiary/aromatic N) is 2. The third-order valence-electron chi connectivity index (χ3n) is 3.42. The Labute approximate surface area is 143 Å². The van der Waals surface area contributed by atoms with Gasteiger partial charge in [-0.05, 0) is 24.3 Å². The van der Waals surface area contributed by atoms with Crippen LogP contribution in [-0.4, -0.2) is 12.7 Å². The van der Waals surface area contributed by atoms with Crippen LogP contribution in [0.15, 0.2) is 54.2 Å². The molecule has 0 unspecified atom stereocenters. The lowest BCUT2D eigenvalue weighted by atomic mass is 10.2. The zero-order valence-corrected chi connectivity index (χ0v) is 12.9. The number of para-hydroxylation sites is 1. The summed E-state index contributed by atoms with van der Waals surface area (Å²) in [4.78, 5) is 12.2. The Hall–Kier alpha value is -3.97. The Morgan fingerprint density at radius 3 is 2.72 bits per heavy atom. The highest BCUT2D eigenvalue weighted by Crippen LogP contribution is 2.34. The SMILES string of the molecule is N#C/C(=C/Nc1ccc2c(c1)OCO2)C(=O)Nc1ccccc1C#N. The van der Waals surface area contributed by atoms with Crippen LogP contribution in [0.5, 0.6) is 11.5 Å². The summed E-state index contributed by atoms with van der Waals surface area (Å²) in [6, 6.07) is 15.5. The van der Waals surface area contributed by atoms with Gasteiger partial charge in [-0.15, -0.1) is 0 Å². The zero-order valence-electron chi connectivity index (χ0n) is 12.9. The smallest absolute Gasteiger partial charge is 0.267 e. The van der Waals surface area contributed by atoms with Crippen molar-refractivity contribution in [2.24, 2.45) is 0 Å². The molecule has 2 aromatic rings. The summed E-state index contributed by atoms with van der Waals surface area (Å²) in [7, 11) is 0. The van der Waals surface area contributed by atoms with Crippen LogP contribution >= 0.6 is 0 Å². The van der Waals surface area contributed by atoms with Crippen molar-refractivity contribution in [1.82, 2.24) is 0 Å². The summed E-state index contributed by atoms with van der Waals surface area (Å²) in [6.45, 7) is 0.165. The Kier molecular flexibility index (Phi) is 4.50. The molecular formula is C18H12N4O3. The molecule has 25 heavy (non-hydrogen) atoms. The largest absolute Gasteiger partial charge is 0.454 e. The molecule has 0 saturated carbocycles. The lowest BCUT2D eigenvalue weighted by Gasteiger charge is -2.07. The monoisotopic (exact) mass is 332 g/mol. The summed E-state index contributed by atoms with van der Waals surface area (Å²) in [6.07, 6.45) is 1.29. The van der Waals surface area contributed by atoms with Crippen LogP contribution in [-0.2, 0) is 4.79 Å².